The van der Waals surface area contributed by atoms with Crippen LogP contribution in [-0.2, 0) is 16.3 Å². The van der Waals surface area contributed by atoms with Gasteiger partial charge in [-0.05, 0) is 24.3 Å². The van der Waals surface area contributed by atoms with Crippen LogP contribution in [0.4, 0.5) is 0 Å². The quantitative estimate of drug-likeness (QED) is 0.347. The molecule has 0 aliphatic carbocycles. The third kappa shape index (κ3) is 4.31. The van der Waals surface area contributed by atoms with Gasteiger partial charge in [-0.15, -0.1) is 0 Å². The van der Waals surface area contributed by atoms with E-state index in [1.54, 1.807) is 0 Å². The van der Waals surface area contributed by atoms with Gasteiger partial charge in [-0.25, -0.2) is 14.6 Å². The summed E-state index contributed by atoms with van der Waals surface area (Å²) in [6.07, 6.45) is 0. The van der Waals surface area contributed by atoms with E-state index in [1.807, 2.05) is 0 Å². The van der Waals surface area contributed by atoms with Crippen molar-refractivity contribution in [2.24, 2.45) is 0 Å². The van der Waals surface area contributed by atoms with E-state index in [0.29, 0.717) is 0 Å². The van der Waals surface area contributed by atoms with Crippen molar-refractivity contribution in [2.75, 3.05) is 0 Å². The summed E-state index contributed by atoms with van der Waals surface area (Å²) in [5.74, 6) is 0. The average Bonchev–Trinajstić information content (AvgIpc) is 2.03. The van der Waals surface area contributed by atoms with Crippen LogP contribution in [0.3, 0.4) is 0 Å². The number of hydrogen-bond acceptors (Lipinski definition) is 5. The van der Waals surface area contributed by atoms with Crippen molar-refractivity contribution in [3.8, 4) is 0 Å². The fraction of sp³-hybridized carbons (Fsp3) is 0. The number of halogens is 1. The van der Waals surface area contributed by atoms with Gasteiger partial charge in [0.2, 0.25) is 0 Å². The minimum atomic E-state index is -4.48. The first-order valence-corrected chi connectivity index (χ1v) is 7.27. The SMILES string of the molecule is O=I(=O)c1ccc(S(=O)(=O)[O-])cc1.[K+]. The Kier molecular flexibility index (Phi) is 6.46. The third-order valence-electron chi connectivity index (χ3n) is 1.28. The summed E-state index contributed by atoms with van der Waals surface area (Å²) < 4.78 is 52.2. The molecule has 0 spiro atoms. The predicted octanol–water partition coefficient (Wildman–Crippen LogP) is -2.04. The van der Waals surface area contributed by atoms with Crippen LogP contribution < -0.4 is 51.4 Å². The monoisotopic (exact) mass is 354 g/mol. The van der Waals surface area contributed by atoms with Gasteiger partial charge in [-0.3, -0.25) is 0 Å². The van der Waals surface area contributed by atoms with Crippen molar-refractivity contribution in [1.29, 1.82) is 0 Å². The average molecular weight is 354 g/mol. The Bertz CT molecular complexity index is 467. The zero-order valence-electron chi connectivity index (χ0n) is 7.14. The van der Waals surface area contributed by atoms with Gasteiger partial charge in [0.1, 0.15) is 10.1 Å². The summed E-state index contributed by atoms with van der Waals surface area (Å²) in [5.41, 5.74) is 0. The Morgan fingerprint density at radius 3 is 1.79 bits per heavy atom. The van der Waals surface area contributed by atoms with Crippen molar-refractivity contribution in [3.63, 3.8) is 0 Å². The van der Waals surface area contributed by atoms with Crippen molar-refractivity contribution >= 4 is 29.9 Å². The molecule has 0 amide bonds. The van der Waals surface area contributed by atoms with E-state index in [-0.39, 0.29) is 55.0 Å². The molecule has 14 heavy (non-hydrogen) atoms. The van der Waals surface area contributed by atoms with Gasteiger partial charge < -0.3 is 4.55 Å². The van der Waals surface area contributed by atoms with Gasteiger partial charge in [-0.1, -0.05) is 0 Å². The molecule has 0 atom stereocenters. The van der Waals surface area contributed by atoms with Crippen LogP contribution in [0.5, 0.6) is 0 Å². The minimum absolute atomic E-state index is 0. The second-order valence-corrected chi connectivity index (χ2v) is 5.99. The molecule has 0 saturated carbocycles. The Labute approximate surface area is 131 Å². The first-order chi connectivity index (χ1) is 5.91. The maximum Gasteiger partial charge on any atom is 1.00 e. The van der Waals surface area contributed by atoms with Crippen LogP contribution in [0, 0.1) is 3.57 Å². The summed E-state index contributed by atoms with van der Waals surface area (Å²) >= 11 is -3.56. The predicted molar refractivity (Wildman–Crippen MR) is 48.5 cm³/mol. The molecule has 1 aromatic carbocycles. The van der Waals surface area contributed by atoms with Gasteiger partial charge >= 0.3 is 71.2 Å². The standard InChI is InChI=1S/C6H5IO5S.K/c8-7(9)5-1-3-6(4-2-5)13(10,11)12;/h1-4H,(H,10,11,12);/q;+1/p-1. The van der Waals surface area contributed by atoms with Crippen molar-refractivity contribution < 1.29 is 70.5 Å². The fourth-order valence-electron chi connectivity index (χ4n) is 0.704. The maximum atomic E-state index is 10.5. The molecule has 1 aromatic rings. The fourth-order valence-corrected chi connectivity index (χ4v) is 2.12. The molecule has 72 valence electrons. The van der Waals surface area contributed by atoms with Gasteiger partial charge in [0.05, 0.1) is 8.47 Å². The smallest absolute Gasteiger partial charge is 0.744 e. The molecule has 0 unspecified atom stereocenters. The first-order valence-electron chi connectivity index (χ1n) is 3.02. The van der Waals surface area contributed by atoms with Crippen molar-refractivity contribution in [3.05, 3.63) is 27.8 Å². The van der Waals surface area contributed by atoms with Gasteiger partial charge in [0, 0.05) is 0 Å². The number of benzene rings is 1. The Morgan fingerprint density at radius 2 is 1.50 bits per heavy atom. The molecule has 8 heteroatoms. The Balaban J connectivity index is 0.00000169. The van der Waals surface area contributed by atoms with Crippen LogP contribution >= 0.6 is 19.8 Å². The molecule has 0 heterocycles. The normalized spacial score (nSPS) is 11.0. The number of hydrogen-bond donors (Lipinski definition) is 0. The van der Waals surface area contributed by atoms with E-state index in [0.717, 1.165) is 24.3 Å². The van der Waals surface area contributed by atoms with E-state index in [1.165, 1.54) is 0 Å². The van der Waals surface area contributed by atoms with Crippen LogP contribution in [-0.4, -0.2) is 13.0 Å². The largest absolute Gasteiger partial charge is 1.00 e. The summed E-state index contributed by atoms with van der Waals surface area (Å²) in [7, 11) is -4.48. The molecule has 0 saturated heterocycles. The van der Waals surface area contributed by atoms with E-state index in [4.69, 9.17) is 0 Å². The van der Waals surface area contributed by atoms with E-state index in [2.05, 4.69) is 0 Å². The van der Waals surface area contributed by atoms with Crippen LogP contribution in [0.25, 0.3) is 0 Å². The van der Waals surface area contributed by atoms with Crippen LogP contribution in [0.15, 0.2) is 29.2 Å². The van der Waals surface area contributed by atoms with Crippen LogP contribution in [0.1, 0.15) is 0 Å². The molecule has 5 nitrogen and oxygen atoms in total. The molecule has 0 aromatic heterocycles. The molecule has 0 radical (unpaired) electrons. The molecule has 0 aliphatic rings. The third-order valence-corrected chi connectivity index (χ3v) is 3.87. The van der Waals surface area contributed by atoms with Gasteiger partial charge in [0.25, 0.3) is 0 Å². The second-order valence-electron chi connectivity index (χ2n) is 2.13. The molecular formula is C6H4IKO5S. The molecule has 0 fully saturated rings. The number of rotatable bonds is 2. The summed E-state index contributed by atoms with van der Waals surface area (Å²) in [6.45, 7) is 0. The first kappa shape index (κ1) is 15.1. The van der Waals surface area contributed by atoms with Crippen molar-refractivity contribution in [1.82, 2.24) is 0 Å². The summed E-state index contributed by atoms with van der Waals surface area (Å²) in [4.78, 5) is -0.422. The zero-order chi connectivity index (χ0) is 10.1. The van der Waals surface area contributed by atoms with E-state index in [9.17, 15) is 19.1 Å². The molecule has 0 aliphatic heterocycles. The minimum Gasteiger partial charge on any atom is -0.744 e. The molecule has 1 rings (SSSR count). The maximum absolute atomic E-state index is 10.5. The molecule has 0 bridgehead atoms. The van der Waals surface area contributed by atoms with Gasteiger partial charge in [-0.2, -0.15) is 0 Å². The van der Waals surface area contributed by atoms with Gasteiger partial charge in [0.15, 0.2) is 0 Å². The zero-order valence-corrected chi connectivity index (χ0v) is 13.2. The second kappa shape index (κ2) is 5.99. The summed E-state index contributed by atoms with van der Waals surface area (Å²) in [5, 5.41) is 0. The Morgan fingerprint density at radius 1 is 1.07 bits per heavy atom. The molecule has 0 N–H and O–H groups in total. The van der Waals surface area contributed by atoms with E-state index >= 15 is 0 Å². The van der Waals surface area contributed by atoms with E-state index < -0.39 is 34.8 Å². The summed E-state index contributed by atoms with van der Waals surface area (Å²) in [6, 6.07) is 4.18. The van der Waals surface area contributed by atoms with Crippen LogP contribution in [0.2, 0.25) is 0 Å². The topological polar surface area (TPSA) is 91.3 Å². The Hall–Kier alpha value is 1.10. The molecular weight excluding hydrogens is 350 g/mol. The van der Waals surface area contributed by atoms with Crippen molar-refractivity contribution in [2.45, 2.75) is 4.90 Å².